The second-order valence-electron chi connectivity index (χ2n) is 6.87. The van der Waals surface area contributed by atoms with Crippen molar-refractivity contribution in [2.75, 3.05) is 6.54 Å². The van der Waals surface area contributed by atoms with Crippen LogP contribution in [-0.4, -0.2) is 27.2 Å². The Kier molecular flexibility index (Phi) is 6.45. The molecule has 0 radical (unpaired) electrons. The van der Waals surface area contributed by atoms with Crippen LogP contribution >= 0.6 is 11.6 Å². The molecule has 1 aliphatic carbocycles. The lowest BCUT2D eigenvalue weighted by Crippen LogP contribution is -2.23. The molecule has 7 nitrogen and oxygen atoms in total. The summed E-state index contributed by atoms with van der Waals surface area (Å²) in [6, 6.07) is 5.81. The van der Waals surface area contributed by atoms with Crippen LogP contribution in [0.1, 0.15) is 42.1 Å². The van der Waals surface area contributed by atoms with E-state index >= 15 is 0 Å². The van der Waals surface area contributed by atoms with Gasteiger partial charge in [0.2, 0.25) is 5.91 Å². The number of benzene rings is 1. The SMILES string of the molecule is O=C(/C=C/c1cccc([N+](=O)[O-])c1)NCCCn1nc(C(F)(F)F)c(Cl)c1C1CC1. The van der Waals surface area contributed by atoms with Gasteiger partial charge in [0.05, 0.1) is 15.6 Å². The smallest absolute Gasteiger partial charge is 0.352 e. The van der Waals surface area contributed by atoms with Crippen molar-refractivity contribution in [1.29, 1.82) is 0 Å². The predicted octanol–water partition coefficient (Wildman–Crippen LogP) is 4.56. The van der Waals surface area contributed by atoms with Gasteiger partial charge in [-0.3, -0.25) is 19.6 Å². The maximum Gasteiger partial charge on any atom is 0.436 e. The molecule has 2 aromatic rings. The first-order valence-electron chi connectivity index (χ1n) is 9.20. The van der Waals surface area contributed by atoms with Gasteiger partial charge in [-0.15, -0.1) is 0 Å². The number of carbonyl (C=O) groups excluding carboxylic acids is 1. The number of rotatable bonds is 8. The average Bonchev–Trinajstić information content (AvgIpc) is 3.46. The molecule has 1 fully saturated rings. The summed E-state index contributed by atoms with van der Waals surface area (Å²) in [6.45, 7) is 0.414. The number of nitrogens with zero attached hydrogens (tertiary/aromatic N) is 3. The van der Waals surface area contributed by atoms with Crippen molar-refractivity contribution in [3.05, 3.63) is 62.4 Å². The first-order chi connectivity index (χ1) is 14.2. The van der Waals surface area contributed by atoms with Gasteiger partial charge in [-0.25, -0.2) is 0 Å². The highest BCUT2D eigenvalue weighted by Gasteiger charge is 2.41. The van der Waals surface area contributed by atoms with Crippen LogP contribution in [0.2, 0.25) is 5.02 Å². The normalized spacial score (nSPS) is 14.3. The van der Waals surface area contributed by atoms with E-state index in [9.17, 15) is 28.1 Å². The van der Waals surface area contributed by atoms with Crippen molar-refractivity contribution in [2.24, 2.45) is 0 Å². The van der Waals surface area contributed by atoms with Gasteiger partial charge < -0.3 is 5.32 Å². The number of nitro groups is 1. The van der Waals surface area contributed by atoms with Crippen LogP contribution in [-0.2, 0) is 17.5 Å². The second kappa shape index (κ2) is 8.86. The number of hydrogen-bond acceptors (Lipinski definition) is 4. The van der Waals surface area contributed by atoms with Crippen LogP contribution < -0.4 is 5.32 Å². The fourth-order valence-corrected chi connectivity index (χ4v) is 3.36. The molecule has 0 saturated heterocycles. The number of halogens is 4. The zero-order valence-electron chi connectivity index (χ0n) is 15.7. The van der Waals surface area contributed by atoms with E-state index in [0.29, 0.717) is 17.7 Å². The van der Waals surface area contributed by atoms with E-state index in [2.05, 4.69) is 10.4 Å². The Morgan fingerprint density at radius 2 is 2.13 bits per heavy atom. The molecule has 11 heteroatoms. The number of hydrogen-bond donors (Lipinski definition) is 1. The summed E-state index contributed by atoms with van der Waals surface area (Å²) in [5.41, 5.74) is -0.254. The number of carbonyl (C=O) groups is 1. The van der Waals surface area contributed by atoms with Gasteiger partial charge in [-0.1, -0.05) is 23.7 Å². The molecule has 0 unspecified atom stereocenters. The molecule has 160 valence electrons. The molecule has 1 aromatic carbocycles. The van der Waals surface area contributed by atoms with E-state index in [4.69, 9.17) is 11.6 Å². The Balaban J connectivity index is 1.53. The lowest BCUT2D eigenvalue weighted by Gasteiger charge is -2.07. The van der Waals surface area contributed by atoms with E-state index in [1.54, 1.807) is 6.07 Å². The summed E-state index contributed by atoms with van der Waals surface area (Å²) in [6.07, 6.45) is -0.00960. The fourth-order valence-electron chi connectivity index (χ4n) is 2.96. The minimum Gasteiger partial charge on any atom is -0.352 e. The summed E-state index contributed by atoms with van der Waals surface area (Å²) in [5, 5.41) is 16.7. The minimum absolute atomic E-state index is 0.00597. The summed E-state index contributed by atoms with van der Waals surface area (Å²) in [7, 11) is 0. The van der Waals surface area contributed by atoms with E-state index < -0.39 is 22.7 Å². The third-order valence-electron chi connectivity index (χ3n) is 4.52. The number of non-ortho nitro benzene ring substituents is 1. The van der Waals surface area contributed by atoms with Gasteiger partial charge in [-0.05, 0) is 30.9 Å². The molecule has 1 aliphatic rings. The van der Waals surface area contributed by atoms with E-state index in [1.165, 1.54) is 35.0 Å². The Labute approximate surface area is 174 Å². The zero-order valence-corrected chi connectivity index (χ0v) is 16.4. The third kappa shape index (κ3) is 5.38. The third-order valence-corrected chi connectivity index (χ3v) is 4.89. The summed E-state index contributed by atoms with van der Waals surface area (Å²) in [4.78, 5) is 22.1. The van der Waals surface area contributed by atoms with Gasteiger partial charge in [0.1, 0.15) is 0 Å². The van der Waals surface area contributed by atoms with Crippen molar-refractivity contribution in [1.82, 2.24) is 15.1 Å². The standard InChI is InChI=1S/C19H18ClF3N4O3/c20-16-17(13-6-7-13)26(25-18(16)19(21,22)23)10-2-9-24-15(28)8-5-12-3-1-4-14(11-12)27(29)30/h1,3-5,8,11,13H,2,6-7,9-10H2,(H,24,28)/b8-5+. The average molecular weight is 443 g/mol. The summed E-state index contributed by atoms with van der Waals surface area (Å²) < 4.78 is 40.4. The number of aromatic nitrogens is 2. The minimum atomic E-state index is -4.61. The monoisotopic (exact) mass is 442 g/mol. The highest BCUT2D eigenvalue weighted by atomic mass is 35.5. The maximum atomic E-state index is 13.1. The topological polar surface area (TPSA) is 90.1 Å². The molecule has 0 spiro atoms. The lowest BCUT2D eigenvalue weighted by molar-refractivity contribution is -0.384. The Hall–Kier alpha value is -2.88. The molecule has 1 aromatic heterocycles. The fraction of sp³-hybridized carbons (Fsp3) is 0.368. The first-order valence-corrected chi connectivity index (χ1v) is 9.58. The number of amides is 1. The van der Waals surface area contributed by atoms with Gasteiger partial charge >= 0.3 is 6.18 Å². The van der Waals surface area contributed by atoms with Gasteiger partial charge in [0.15, 0.2) is 5.69 Å². The molecule has 0 atom stereocenters. The maximum absolute atomic E-state index is 13.1. The van der Waals surface area contributed by atoms with Gasteiger partial charge in [-0.2, -0.15) is 18.3 Å². The van der Waals surface area contributed by atoms with Crippen LogP contribution in [0.15, 0.2) is 30.3 Å². The molecule has 1 amide bonds. The van der Waals surface area contributed by atoms with Gasteiger partial charge in [0, 0.05) is 37.2 Å². The van der Waals surface area contributed by atoms with Gasteiger partial charge in [0.25, 0.3) is 5.69 Å². The van der Waals surface area contributed by atoms with Crippen molar-refractivity contribution in [2.45, 2.75) is 37.9 Å². The molecular weight excluding hydrogens is 425 g/mol. The lowest BCUT2D eigenvalue weighted by atomic mass is 10.2. The number of nitrogens with one attached hydrogen (secondary N) is 1. The van der Waals surface area contributed by atoms with Crippen molar-refractivity contribution >= 4 is 29.3 Å². The van der Waals surface area contributed by atoms with Crippen LogP contribution in [0.5, 0.6) is 0 Å². The molecule has 0 aliphatic heterocycles. The Morgan fingerprint density at radius 3 is 2.77 bits per heavy atom. The highest BCUT2D eigenvalue weighted by Crippen LogP contribution is 2.46. The largest absolute Gasteiger partial charge is 0.436 e. The van der Waals surface area contributed by atoms with Crippen molar-refractivity contribution in [3.63, 3.8) is 0 Å². The Bertz CT molecular complexity index is 984. The number of nitro benzene ring substituents is 1. The van der Waals surface area contributed by atoms with Crippen molar-refractivity contribution in [3.8, 4) is 0 Å². The molecule has 1 saturated carbocycles. The van der Waals surface area contributed by atoms with Crippen molar-refractivity contribution < 1.29 is 22.9 Å². The molecule has 1 heterocycles. The first kappa shape index (κ1) is 21.8. The van der Waals surface area contributed by atoms with E-state index in [0.717, 1.165) is 12.8 Å². The quantitative estimate of drug-likeness (QED) is 0.281. The van der Waals surface area contributed by atoms with Crippen LogP contribution in [0.25, 0.3) is 6.08 Å². The van der Waals surface area contributed by atoms with Crippen LogP contribution in [0, 0.1) is 10.1 Å². The summed E-state index contributed by atoms with van der Waals surface area (Å²) >= 11 is 5.92. The second-order valence-corrected chi connectivity index (χ2v) is 7.25. The van der Waals surface area contributed by atoms with E-state index in [1.807, 2.05) is 0 Å². The molecule has 30 heavy (non-hydrogen) atoms. The number of aryl methyl sites for hydroxylation is 1. The highest BCUT2D eigenvalue weighted by molar-refractivity contribution is 6.32. The van der Waals surface area contributed by atoms with E-state index in [-0.39, 0.29) is 29.7 Å². The van der Waals surface area contributed by atoms with Crippen LogP contribution in [0.4, 0.5) is 18.9 Å². The molecular formula is C19H18ClF3N4O3. The van der Waals surface area contributed by atoms with Crippen LogP contribution in [0.3, 0.4) is 0 Å². The predicted molar refractivity (Wildman–Crippen MR) is 104 cm³/mol. The Morgan fingerprint density at radius 1 is 1.40 bits per heavy atom. The number of alkyl halides is 3. The zero-order chi connectivity index (χ0) is 21.9. The molecule has 0 bridgehead atoms. The molecule has 1 N–H and O–H groups in total. The summed E-state index contributed by atoms with van der Waals surface area (Å²) in [5.74, 6) is -0.424. The molecule has 3 rings (SSSR count).